The number of carbonyl (C=O) groups is 3. The van der Waals surface area contributed by atoms with Gasteiger partial charge < -0.3 is 28.5 Å². The molecule has 2 atom stereocenters. The molecule has 408 valence electrons. The van der Waals surface area contributed by atoms with Crippen LogP contribution in [0, 0.1) is 0 Å². The highest BCUT2D eigenvalue weighted by Gasteiger charge is 2.25. The van der Waals surface area contributed by atoms with Crippen LogP contribution < -0.4 is 0 Å². The predicted octanol–water partition coefficient (Wildman–Crippen LogP) is 17.1. The van der Waals surface area contributed by atoms with Crippen molar-refractivity contribution in [3.05, 3.63) is 48.6 Å². The number of carboxylic acids is 1. The Labute approximate surface area is 432 Å². The minimum atomic E-state index is -1.51. The van der Waals surface area contributed by atoms with Crippen molar-refractivity contribution in [3.8, 4) is 0 Å². The molecule has 0 amide bonds. The third kappa shape index (κ3) is 53.1. The van der Waals surface area contributed by atoms with Crippen LogP contribution in [-0.2, 0) is 33.3 Å². The molecule has 0 aromatic heterocycles. The van der Waals surface area contributed by atoms with Crippen LogP contribution in [-0.4, -0.2) is 87.4 Å². The maximum Gasteiger partial charge on any atom is 0.361 e. The number of allylic oxidation sites excluding steroid dienone is 8. The Balaban J connectivity index is 4.22. The van der Waals surface area contributed by atoms with E-state index in [9.17, 15) is 19.5 Å². The Kier molecular flexibility index (Phi) is 50.5. The SMILES string of the molecule is CC/C=C\C/C=C\C/C=C\C/C=C\CCCCCCCCCCCCCCC(=O)OC(COC(=O)CCCCCCCCCCCCCCCCCCCCCC)COC(OCC[N+](C)(C)C)C(=O)O. The maximum atomic E-state index is 12.9. The summed E-state index contributed by atoms with van der Waals surface area (Å²) in [6, 6.07) is 0. The fraction of sp³-hybridized carbons (Fsp3) is 0.820. The maximum absolute atomic E-state index is 12.9. The van der Waals surface area contributed by atoms with Gasteiger partial charge in [0.2, 0.25) is 0 Å². The largest absolute Gasteiger partial charge is 0.477 e. The number of nitrogens with zero attached hydrogens (tertiary/aromatic N) is 1. The molecule has 0 saturated carbocycles. The van der Waals surface area contributed by atoms with E-state index in [0.717, 1.165) is 64.2 Å². The molecule has 0 radical (unpaired) electrons. The van der Waals surface area contributed by atoms with Crippen molar-refractivity contribution in [2.24, 2.45) is 0 Å². The van der Waals surface area contributed by atoms with Gasteiger partial charge in [-0.25, -0.2) is 4.79 Å². The average Bonchev–Trinajstić information content (AvgIpc) is 3.33. The van der Waals surface area contributed by atoms with Gasteiger partial charge >= 0.3 is 17.9 Å². The second kappa shape index (κ2) is 52.6. The van der Waals surface area contributed by atoms with Gasteiger partial charge in [0.1, 0.15) is 13.2 Å². The fourth-order valence-corrected chi connectivity index (χ4v) is 8.36. The van der Waals surface area contributed by atoms with Crippen molar-refractivity contribution in [1.29, 1.82) is 0 Å². The van der Waals surface area contributed by atoms with E-state index in [1.54, 1.807) is 0 Å². The number of carboxylic acid groups (broad SMARTS) is 1. The lowest BCUT2D eigenvalue weighted by molar-refractivity contribution is -0.870. The van der Waals surface area contributed by atoms with Gasteiger partial charge in [-0.05, 0) is 51.4 Å². The van der Waals surface area contributed by atoms with E-state index < -0.39 is 24.3 Å². The van der Waals surface area contributed by atoms with Crippen LogP contribution >= 0.6 is 0 Å². The molecule has 70 heavy (non-hydrogen) atoms. The first kappa shape index (κ1) is 67.2. The fourth-order valence-electron chi connectivity index (χ4n) is 8.36. The molecule has 9 heteroatoms. The molecule has 0 heterocycles. The number of esters is 2. The Bertz CT molecular complexity index is 1290. The first-order valence-electron chi connectivity index (χ1n) is 29.3. The number of hydrogen-bond donors (Lipinski definition) is 1. The topological polar surface area (TPSA) is 108 Å². The predicted molar refractivity (Wildman–Crippen MR) is 295 cm³/mol. The third-order valence-electron chi connectivity index (χ3n) is 12.8. The normalized spacial score (nSPS) is 13.1. The lowest BCUT2D eigenvalue weighted by Gasteiger charge is -2.25. The zero-order valence-electron chi connectivity index (χ0n) is 46.4. The van der Waals surface area contributed by atoms with Crippen molar-refractivity contribution in [3.63, 3.8) is 0 Å². The molecule has 0 spiro atoms. The Morgan fingerprint density at radius 1 is 0.443 bits per heavy atom. The molecule has 0 aromatic carbocycles. The molecule has 9 nitrogen and oxygen atoms in total. The lowest BCUT2D eigenvalue weighted by Crippen LogP contribution is -2.40. The van der Waals surface area contributed by atoms with Gasteiger partial charge in [-0.1, -0.05) is 249 Å². The summed E-state index contributed by atoms with van der Waals surface area (Å²) in [4.78, 5) is 37.4. The first-order chi connectivity index (χ1) is 34.1. The number of quaternary nitrogens is 1. The number of likely N-dealkylation sites (N-methyl/N-ethyl adjacent to an activating group) is 1. The molecular weight excluding hydrogens is 875 g/mol. The second-order valence-corrected chi connectivity index (χ2v) is 20.9. The zero-order valence-corrected chi connectivity index (χ0v) is 46.4. The highest BCUT2D eigenvalue weighted by atomic mass is 16.7. The number of rotatable bonds is 54. The van der Waals surface area contributed by atoms with E-state index in [1.165, 1.54) is 173 Å². The van der Waals surface area contributed by atoms with Gasteiger partial charge in [0.25, 0.3) is 6.29 Å². The minimum Gasteiger partial charge on any atom is -0.477 e. The van der Waals surface area contributed by atoms with Crippen LogP contribution in [0.2, 0.25) is 0 Å². The van der Waals surface area contributed by atoms with Gasteiger partial charge in [0.05, 0.1) is 34.4 Å². The van der Waals surface area contributed by atoms with Crippen LogP contribution in [0.3, 0.4) is 0 Å². The van der Waals surface area contributed by atoms with Crippen LogP contribution in [0.4, 0.5) is 0 Å². The van der Waals surface area contributed by atoms with Crippen molar-refractivity contribution in [1.82, 2.24) is 0 Å². The van der Waals surface area contributed by atoms with Gasteiger partial charge in [-0.15, -0.1) is 0 Å². The quantitative estimate of drug-likeness (QED) is 0.0211. The summed E-state index contributed by atoms with van der Waals surface area (Å²) in [5, 5.41) is 9.70. The summed E-state index contributed by atoms with van der Waals surface area (Å²) in [5.41, 5.74) is 0. The minimum absolute atomic E-state index is 0.180. The Morgan fingerprint density at radius 3 is 1.21 bits per heavy atom. The molecular formula is C61H112NO8+. The van der Waals surface area contributed by atoms with E-state index in [2.05, 4.69) is 62.5 Å². The van der Waals surface area contributed by atoms with Crippen LogP contribution in [0.5, 0.6) is 0 Å². The molecule has 0 saturated heterocycles. The van der Waals surface area contributed by atoms with Gasteiger partial charge in [-0.3, -0.25) is 9.59 Å². The van der Waals surface area contributed by atoms with Crippen molar-refractivity contribution in [2.45, 2.75) is 277 Å². The van der Waals surface area contributed by atoms with E-state index in [-0.39, 0.29) is 32.2 Å². The van der Waals surface area contributed by atoms with E-state index in [4.69, 9.17) is 18.9 Å². The Morgan fingerprint density at radius 2 is 0.814 bits per heavy atom. The summed E-state index contributed by atoms with van der Waals surface area (Å²) in [7, 11) is 5.97. The summed E-state index contributed by atoms with van der Waals surface area (Å²) in [6.07, 6.45) is 61.8. The average molecular weight is 988 g/mol. The lowest BCUT2D eigenvalue weighted by atomic mass is 10.0. The van der Waals surface area contributed by atoms with Gasteiger partial charge in [0.15, 0.2) is 6.10 Å². The van der Waals surface area contributed by atoms with Gasteiger partial charge in [-0.2, -0.15) is 0 Å². The molecule has 0 aromatic rings. The molecule has 0 rings (SSSR count). The number of unbranched alkanes of at least 4 members (excludes halogenated alkanes) is 31. The van der Waals surface area contributed by atoms with E-state index >= 15 is 0 Å². The van der Waals surface area contributed by atoms with Gasteiger partial charge in [0, 0.05) is 12.8 Å². The highest BCUT2D eigenvalue weighted by molar-refractivity contribution is 5.71. The van der Waals surface area contributed by atoms with Crippen molar-refractivity contribution in [2.75, 3.05) is 47.5 Å². The molecule has 0 aliphatic heterocycles. The zero-order chi connectivity index (χ0) is 51.3. The Hall–Kier alpha value is -2.75. The smallest absolute Gasteiger partial charge is 0.361 e. The summed E-state index contributed by atoms with van der Waals surface area (Å²) in [6.45, 7) is 4.80. The van der Waals surface area contributed by atoms with Crippen LogP contribution in [0.25, 0.3) is 0 Å². The molecule has 0 fully saturated rings. The van der Waals surface area contributed by atoms with Crippen LogP contribution in [0.1, 0.15) is 264 Å². The standard InChI is InChI=1S/C61H111NO8/c1-6-8-10-12-14-16-18-20-22-24-26-28-29-30-31-32-34-36-38-40-42-44-46-48-50-52-59(64)70-57(56-69-61(60(65)66)67-54-53-62(3,4)5)55-68-58(63)51-49-47-45-43-41-39-37-35-33-27-25-23-21-19-17-15-13-11-9-7-2/h8,10,14,16,20,22,26,28,57,61H,6-7,9,11-13,15,17-19,21,23-25,27,29-56H2,1-5H3/p+1/b10-8-,16-14-,22-20-,28-26-. The molecule has 0 bridgehead atoms. The molecule has 0 aliphatic carbocycles. The molecule has 2 unspecified atom stereocenters. The van der Waals surface area contributed by atoms with Crippen molar-refractivity contribution < 1.29 is 42.9 Å². The molecule has 1 N–H and O–H groups in total. The highest BCUT2D eigenvalue weighted by Crippen LogP contribution is 2.17. The van der Waals surface area contributed by atoms with E-state index in [0.29, 0.717) is 17.4 Å². The number of aliphatic carboxylic acids is 1. The second-order valence-electron chi connectivity index (χ2n) is 20.9. The third-order valence-corrected chi connectivity index (χ3v) is 12.8. The number of ether oxygens (including phenoxy) is 4. The summed E-state index contributed by atoms with van der Waals surface area (Å²) in [5.74, 6) is -1.99. The number of carbonyl (C=O) groups excluding carboxylic acids is 2. The summed E-state index contributed by atoms with van der Waals surface area (Å²) >= 11 is 0. The van der Waals surface area contributed by atoms with Crippen molar-refractivity contribution >= 4 is 17.9 Å². The summed E-state index contributed by atoms with van der Waals surface area (Å²) < 4.78 is 22.9. The number of hydrogen-bond acceptors (Lipinski definition) is 7. The monoisotopic (exact) mass is 987 g/mol. The van der Waals surface area contributed by atoms with E-state index in [1.807, 2.05) is 21.1 Å². The molecule has 0 aliphatic rings. The first-order valence-corrected chi connectivity index (χ1v) is 29.3. The van der Waals surface area contributed by atoms with Crippen LogP contribution in [0.15, 0.2) is 48.6 Å².